The van der Waals surface area contributed by atoms with Crippen molar-refractivity contribution in [1.29, 1.82) is 0 Å². The Labute approximate surface area is 155 Å². The molecule has 2 aliphatic rings. The summed E-state index contributed by atoms with van der Waals surface area (Å²) < 4.78 is 0. The van der Waals surface area contributed by atoms with Crippen LogP contribution in [0.5, 0.6) is 0 Å². The van der Waals surface area contributed by atoms with Crippen molar-refractivity contribution in [1.82, 2.24) is 4.98 Å². The quantitative estimate of drug-likeness (QED) is 0.805. The zero-order valence-electron chi connectivity index (χ0n) is 14.4. The lowest BCUT2D eigenvalue weighted by molar-refractivity contribution is 0.299. The minimum Gasteiger partial charge on any atom is -0.396 e. The van der Waals surface area contributed by atoms with Gasteiger partial charge in [0.25, 0.3) is 0 Å². The SMILES string of the molecule is Cl.OCCc1ccc(Nc2cc(C3=CCCC3)nc3c2CCC3)cc1. The van der Waals surface area contributed by atoms with Gasteiger partial charge in [0.05, 0.1) is 5.69 Å². The van der Waals surface area contributed by atoms with Crippen molar-refractivity contribution in [3.63, 3.8) is 0 Å². The lowest BCUT2D eigenvalue weighted by atomic mass is 10.1. The van der Waals surface area contributed by atoms with Crippen LogP contribution in [0.15, 0.2) is 36.4 Å². The first-order valence-electron chi connectivity index (χ1n) is 9.02. The molecule has 2 N–H and O–H groups in total. The molecule has 0 saturated carbocycles. The maximum absolute atomic E-state index is 9.04. The van der Waals surface area contributed by atoms with E-state index in [9.17, 15) is 0 Å². The smallest absolute Gasteiger partial charge is 0.0682 e. The van der Waals surface area contributed by atoms with E-state index in [0.29, 0.717) is 6.42 Å². The highest BCUT2D eigenvalue weighted by Crippen LogP contribution is 2.35. The summed E-state index contributed by atoms with van der Waals surface area (Å²) in [5.41, 5.74) is 8.72. The van der Waals surface area contributed by atoms with E-state index in [1.54, 1.807) is 0 Å². The number of nitrogens with zero attached hydrogens (tertiary/aromatic N) is 1. The van der Waals surface area contributed by atoms with Crippen LogP contribution in [0.4, 0.5) is 11.4 Å². The fourth-order valence-corrected chi connectivity index (χ4v) is 3.76. The summed E-state index contributed by atoms with van der Waals surface area (Å²) in [6, 6.07) is 10.6. The molecule has 2 aromatic rings. The van der Waals surface area contributed by atoms with E-state index in [2.05, 4.69) is 41.7 Å². The monoisotopic (exact) mass is 356 g/mol. The van der Waals surface area contributed by atoms with E-state index in [1.807, 2.05) is 0 Å². The molecule has 4 rings (SSSR count). The van der Waals surface area contributed by atoms with Gasteiger partial charge in [-0.15, -0.1) is 12.4 Å². The zero-order valence-corrected chi connectivity index (χ0v) is 15.2. The maximum Gasteiger partial charge on any atom is 0.0682 e. The number of allylic oxidation sites excluding steroid dienone is 2. The molecule has 1 aromatic heterocycles. The molecule has 0 atom stereocenters. The van der Waals surface area contributed by atoms with Crippen LogP contribution in [-0.2, 0) is 19.3 Å². The Kier molecular flexibility index (Phi) is 5.77. The molecule has 0 radical (unpaired) electrons. The first-order chi connectivity index (χ1) is 11.8. The molecular weight excluding hydrogens is 332 g/mol. The maximum atomic E-state index is 9.04. The molecule has 132 valence electrons. The predicted molar refractivity (Wildman–Crippen MR) is 106 cm³/mol. The molecule has 0 spiro atoms. The van der Waals surface area contributed by atoms with E-state index in [1.165, 1.54) is 47.3 Å². The number of nitrogens with one attached hydrogen (secondary N) is 1. The Morgan fingerprint density at radius 2 is 1.88 bits per heavy atom. The van der Waals surface area contributed by atoms with Crippen LogP contribution in [0, 0.1) is 0 Å². The lowest BCUT2D eigenvalue weighted by Crippen LogP contribution is -2.01. The third kappa shape index (κ3) is 3.88. The molecule has 1 heterocycles. The number of fused-ring (bicyclic) bond motifs is 1. The van der Waals surface area contributed by atoms with Gasteiger partial charge >= 0.3 is 0 Å². The Bertz CT molecular complexity index is 768. The minimum absolute atomic E-state index is 0. The Morgan fingerprint density at radius 1 is 1.04 bits per heavy atom. The first-order valence-corrected chi connectivity index (χ1v) is 9.02. The molecule has 0 bridgehead atoms. The van der Waals surface area contributed by atoms with Gasteiger partial charge in [-0.1, -0.05) is 18.2 Å². The number of aryl methyl sites for hydroxylation is 1. The number of hydrogen-bond acceptors (Lipinski definition) is 3. The van der Waals surface area contributed by atoms with Gasteiger partial charge in [-0.3, -0.25) is 4.98 Å². The van der Waals surface area contributed by atoms with Gasteiger partial charge in [0, 0.05) is 23.7 Å². The number of anilines is 2. The molecule has 0 aliphatic heterocycles. The normalized spacial score (nSPS) is 15.5. The number of halogens is 1. The fourth-order valence-electron chi connectivity index (χ4n) is 3.76. The summed E-state index contributed by atoms with van der Waals surface area (Å²) in [6.45, 7) is 0.198. The number of hydrogen-bond donors (Lipinski definition) is 2. The average molecular weight is 357 g/mol. The Balaban J connectivity index is 0.00000182. The predicted octanol–water partition coefficient (Wildman–Crippen LogP) is 4.84. The van der Waals surface area contributed by atoms with E-state index in [-0.39, 0.29) is 19.0 Å². The van der Waals surface area contributed by atoms with Crippen molar-refractivity contribution < 1.29 is 5.11 Å². The van der Waals surface area contributed by atoms with E-state index in [0.717, 1.165) is 30.6 Å². The van der Waals surface area contributed by atoms with Crippen LogP contribution < -0.4 is 5.32 Å². The number of aliphatic hydroxyl groups excluding tert-OH is 1. The van der Waals surface area contributed by atoms with E-state index >= 15 is 0 Å². The summed E-state index contributed by atoms with van der Waals surface area (Å²) in [5.74, 6) is 0. The Hall–Kier alpha value is -1.84. The van der Waals surface area contributed by atoms with Crippen LogP contribution in [0.2, 0.25) is 0 Å². The highest BCUT2D eigenvalue weighted by atomic mass is 35.5. The van der Waals surface area contributed by atoms with Gasteiger partial charge < -0.3 is 10.4 Å². The van der Waals surface area contributed by atoms with Gasteiger partial charge in [-0.05, 0) is 79.8 Å². The second-order valence-corrected chi connectivity index (χ2v) is 6.75. The average Bonchev–Trinajstić information content (AvgIpc) is 3.28. The first kappa shape index (κ1) is 18.0. The minimum atomic E-state index is 0. The van der Waals surface area contributed by atoms with Crippen molar-refractivity contribution >= 4 is 29.4 Å². The van der Waals surface area contributed by atoms with Gasteiger partial charge in [0.1, 0.15) is 0 Å². The molecule has 2 aliphatic carbocycles. The van der Waals surface area contributed by atoms with Crippen molar-refractivity contribution in [2.75, 3.05) is 11.9 Å². The zero-order chi connectivity index (χ0) is 16.4. The van der Waals surface area contributed by atoms with Gasteiger partial charge in [0.15, 0.2) is 0 Å². The second kappa shape index (κ2) is 8.03. The van der Waals surface area contributed by atoms with E-state index in [4.69, 9.17) is 10.1 Å². The van der Waals surface area contributed by atoms with Crippen molar-refractivity contribution in [2.24, 2.45) is 0 Å². The highest BCUT2D eigenvalue weighted by Gasteiger charge is 2.20. The highest BCUT2D eigenvalue weighted by molar-refractivity contribution is 5.85. The summed E-state index contributed by atoms with van der Waals surface area (Å²) >= 11 is 0. The molecule has 0 amide bonds. The van der Waals surface area contributed by atoms with Crippen LogP contribution in [0.25, 0.3) is 5.57 Å². The lowest BCUT2D eigenvalue weighted by Gasteiger charge is -2.14. The van der Waals surface area contributed by atoms with E-state index < -0.39 is 0 Å². The number of aliphatic hydroxyl groups is 1. The number of benzene rings is 1. The summed E-state index contributed by atoms with van der Waals surface area (Å²) in [7, 11) is 0. The fraction of sp³-hybridized carbons (Fsp3) is 0.381. The molecule has 4 heteroatoms. The number of aromatic nitrogens is 1. The van der Waals surface area contributed by atoms with Crippen molar-refractivity contribution in [3.05, 3.63) is 58.9 Å². The summed E-state index contributed by atoms with van der Waals surface area (Å²) in [6.07, 6.45) is 10.1. The molecule has 1 aromatic carbocycles. The second-order valence-electron chi connectivity index (χ2n) is 6.75. The molecule has 3 nitrogen and oxygen atoms in total. The van der Waals surface area contributed by atoms with Crippen LogP contribution in [0.3, 0.4) is 0 Å². The third-order valence-corrected chi connectivity index (χ3v) is 5.05. The molecule has 25 heavy (non-hydrogen) atoms. The van der Waals surface area contributed by atoms with Gasteiger partial charge in [0.2, 0.25) is 0 Å². The van der Waals surface area contributed by atoms with Gasteiger partial charge in [-0.25, -0.2) is 0 Å². The number of rotatable bonds is 5. The van der Waals surface area contributed by atoms with Crippen molar-refractivity contribution in [2.45, 2.75) is 44.9 Å². The third-order valence-electron chi connectivity index (χ3n) is 5.05. The largest absolute Gasteiger partial charge is 0.396 e. The van der Waals surface area contributed by atoms with Crippen LogP contribution >= 0.6 is 12.4 Å². The molecular formula is C21H25ClN2O. The summed E-state index contributed by atoms with van der Waals surface area (Å²) in [5, 5.41) is 12.6. The molecule has 0 saturated heterocycles. The topological polar surface area (TPSA) is 45.1 Å². The summed E-state index contributed by atoms with van der Waals surface area (Å²) in [4.78, 5) is 4.94. The van der Waals surface area contributed by atoms with Crippen LogP contribution in [0.1, 0.15) is 48.2 Å². The number of pyridine rings is 1. The molecule has 0 fully saturated rings. The van der Waals surface area contributed by atoms with Crippen LogP contribution in [-0.4, -0.2) is 16.7 Å². The Morgan fingerprint density at radius 3 is 2.60 bits per heavy atom. The standard InChI is InChI=1S/C21H24N2O.ClH/c24-13-12-15-8-10-17(11-9-15)22-21-14-20(16-4-1-2-5-16)23-19-7-3-6-18(19)21;/h4,8-11,14,24H,1-3,5-7,12-13H2,(H,22,23);1H. The van der Waals surface area contributed by atoms with Crippen molar-refractivity contribution in [3.8, 4) is 0 Å². The van der Waals surface area contributed by atoms with Gasteiger partial charge in [-0.2, -0.15) is 0 Å². The molecule has 0 unspecified atom stereocenters.